The number of allylic oxidation sites excluding steroid dienone is 1. The standard InChI is InChI=1S/C16H8N2S/c17-9-11(10-18)8-15-13-5-3-1-2-4-12(13)14-6-7-19-16(14)15/h1-8H. The van der Waals surface area contributed by atoms with Gasteiger partial charge in [-0.1, -0.05) is 30.3 Å². The van der Waals surface area contributed by atoms with Crippen LogP contribution in [0, 0.1) is 22.7 Å². The lowest BCUT2D eigenvalue weighted by Gasteiger charge is -1.95. The minimum Gasteiger partial charge on any atom is -0.192 e. The highest BCUT2D eigenvalue weighted by Crippen LogP contribution is 2.42. The van der Waals surface area contributed by atoms with Crippen molar-refractivity contribution in [2.75, 3.05) is 0 Å². The Bertz CT molecular complexity index is 827. The Hall–Kier alpha value is -2.62. The number of hydrogen-bond donors (Lipinski definition) is 0. The molecule has 3 rings (SSSR count). The number of rotatable bonds is 1. The molecule has 0 spiro atoms. The van der Waals surface area contributed by atoms with Crippen LogP contribution < -0.4 is 0 Å². The van der Waals surface area contributed by atoms with Crippen molar-refractivity contribution in [2.24, 2.45) is 0 Å². The van der Waals surface area contributed by atoms with Crippen LogP contribution in [0.1, 0.15) is 5.56 Å². The van der Waals surface area contributed by atoms with E-state index in [4.69, 9.17) is 10.5 Å². The van der Waals surface area contributed by atoms with Crippen molar-refractivity contribution in [3.63, 3.8) is 0 Å². The molecule has 0 amide bonds. The number of fused-ring (bicyclic) bond motifs is 3. The summed E-state index contributed by atoms with van der Waals surface area (Å²) < 4.78 is 1.13. The Morgan fingerprint density at radius 2 is 1.74 bits per heavy atom. The van der Waals surface area contributed by atoms with Gasteiger partial charge >= 0.3 is 0 Å². The van der Waals surface area contributed by atoms with Crippen LogP contribution in [-0.4, -0.2) is 0 Å². The maximum atomic E-state index is 8.93. The molecule has 0 atom stereocenters. The molecule has 0 saturated heterocycles. The van der Waals surface area contributed by atoms with E-state index in [2.05, 4.69) is 12.1 Å². The fraction of sp³-hybridized carbons (Fsp3) is 0. The fourth-order valence-electron chi connectivity index (χ4n) is 2.25. The molecule has 1 aromatic heterocycles. The van der Waals surface area contributed by atoms with E-state index in [1.807, 2.05) is 41.8 Å². The van der Waals surface area contributed by atoms with Crippen molar-refractivity contribution >= 4 is 27.5 Å². The van der Waals surface area contributed by atoms with Crippen molar-refractivity contribution in [3.8, 4) is 23.3 Å². The smallest absolute Gasteiger partial charge is 0.130 e. The molecular weight excluding hydrogens is 252 g/mol. The summed E-state index contributed by atoms with van der Waals surface area (Å²) in [5.41, 5.74) is 3.33. The fourth-order valence-corrected chi connectivity index (χ4v) is 3.19. The van der Waals surface area contributed by atoms with Crippen LogP contribution in [0.2, 0.25) is 0 Å². The molecule has 2 aliphatic carbocycles. The van der Waals surface area contributed by atoms with E-state index in [1.54, 1.807) is 17.4 Å². The Morgan fingerprint density at radius 3 is 2.47 bits per heavy atom. The minimum absolute atomic E-state index is 0.133. The number of hydrogen-bond acceptors (Lipinski definition) is 3. The van der Waals surface area contributed by atoms with E-state index in [-0.39, 0.29) is 5.57 Å². The second-order valence-corrected chi connectivity index (χ2v) is 5.01. The van der Waals surface area contributed by atoms with Gasteiger partial charge in [0.25, 0.3) is 0 Å². The number of thiophene rings is 1. The molecular formula is C16H8N2S. The molecule has 0 saturated carbocycles. The Kier molecular flexibility index (Phi) is 2.76. The molecule has 1 aromatic rings. The maximum Gasteiger partial charge on any atom is 0.130 e. The molecule has 0 aromatic carbocycles. The van der Waals surface area contributed by atoms with E-state index in [0.29, 0.717) is 0 Å². The third-order valence-corrected chi connectivity index (χ3v) is 4.01. The normalized spacial score (nSPS) is 10.0. The van der Waals surface area contributed by atoms with Gasteiger partial charge in [-0.2, -0.15) is 10.5 Å². The van der Waals surface area contributed by atoms with E-state index in [9.17, 15) is 0 Å². The van der Waals surface area contributed by atoms with Crippen LogP contribution in [0.15, 0.2) is 47.4 Å². The van der Waals surface area contributed by atoms with E-state index in [1.165, 1.54) is 5.39 Å². The number of nitrogens with zero attached hydrogens (tertiary/aromatic N) is 2. The predicted molar refractivity (Wildman–Crippen MR) is 77.7 cm³/mol. The lowest BCUT2D eigenvalue weighted by Crippen LogP contribution is -1.75. The zero-order valence-corrected chi connectivity index (χ0v) is 10.7. The Morgan fingerprint density at radius 1 is 1.00 bits per heavy atom. The van der Waals surface area contributed by atoms with E-state index in [0.717, 1.165) is 21.4 Å². The SMILES string of the molecule is N#CC(C#N)=Cc1c2cccccc-2c2ccsc12. The largest absolute Gasteiger partial charge is 0.192 e. The Balaban J connectivity index is 2.42. The van der Waals surface area contributed by atoms with Crippen molar-refractivity contribution in [1.82, 2.24) is 0 Å². The van der Waals surface area contributed by atoms with Crippen molar-refractivity contribution < 1.29 is 0 Å². The average molecular weight is 260 g/mol. The van der Waals surface area contributed by atoms with Crippen molar-refractivity contribution in [2.45, 2.75) is 0 Å². The first-order chi connectivity index (χ1) is 9.35. The highest BCUT2D eigenvalue weighted by Gasteiger charge is 2.16. The quantitative estimate of drug-likeness (QED) is 0.607. The van der Waals surface area contributed by atoms with Crippen LogP contribution in [0.3, 0.4) is 0 Å². The molecule has 2 nitrogen and oxygen atoms in total. The number of nitriles is 2. The minimum atomic E-state index is 0.133. The van der Waals surface area contributed by atoms with Crippen molar-refractivity contribution in [1.29, 1.82) is 10.5 Å². The van der Waals surface area contributed by atoms with Gasteiger partial charge in [-0.3, -0.25) is 0 Å². The predicted octanol–water partition coefficient (Wildman–Crippen LogP) is 4.44. The molecule has 3 heteroatoms. The average Bonchev–Trinajstić information content (AvgIpc) is 2.91. The molecule has 0 bridgehead atoms. The monoisotopic (exact) mass is 260 g/mol. The summed E-state index contributed by atoms with van der Waals surface area (Å²) in [5, 5.41) is 21.1. The van der Waals surface area contributed by atoms with Crippen LogP contribution in [0.4, 0.5) is 0 Å². The topological polar surface area (TPSA) is 47.6 Å². The first-order valence-electron chi connectivity index (χ1n) is 5.75. The van der Waals surface area contributed by atoms with E-state index >= 15 is 0 Å². The lowest BCUT2D eigenvalue weighted by molar-refractivity contribution is 1.47. The van der Waals surface area contributed by atoms with Crippen LogP contribution in [0.5, 0.6) is 0 Å². The molecule has 88 valence electrons. The van der Waals surface area contributed by atoms with Gasteiger partial charge in [0.1, 0.15) is 17.7 Å². The third-order valence-electron chi connectivity index (χ3n) is 3.06. The summed E-state index contributed by atoms with van der Waals surface area (Å²) in [6.07, 6.45) is 1.68. The maximum absolute atomic E-state index is 8.93. The molecule has 0 unspecified atom stereocenters. The summed E-state index contributed by atoms with van der Waals surface area (Å²) in [7, 11) is 0. The van der Waals surface area contributed by atoms with Crippen LogP contribution in [-0.2, 0) is 0 Å². The first kappa shape index (κ1) is 11.5. The molecule has 19 heavy (non-hydrogen) atoms. The highest BCUT2D eigenvalue weighted by atomic mass is 32.1. The van der Waals surface area contributed by atoms with Gasteiger partial charge in [0.15, 0.2) is 0 Å². The summed E-state index contributed by atoms with van der Waals surface area (Å²) in [4.78, 5) is 0. The van der Waals surface area contributed by atoms with Crippen LogP contribution >= 0.6 is 11.3 Å². The summed E-state index contributed by atoms with van der Waals surface area (Å²) in [6.45, 7) is 0. The van der Waals surface area contributed by atoms with Gasteiger partial charge < -0.3 is 0 Å². The van der Waals surface area contributed by atoms with Crippen LogP contribution in [0.25, 0.3) is 27.3 Å². The Labute approximate surface area is 114 Å². The molecule has 0 N–H and O–H groups in total. The van der Waals surface area contributed by atoms with Crippen molar-refractivity contribution in [3.05, 3.63) is 52.9 Å². The van der Waals surface area contributed by atoms with E-state index < -0.39 is 0 Å². The van der Waals surface area contributed by atoms with Gasteiger partial charge in [0.2, 0.25) is 0 Å². The lowest BCUT2D eigenvalue weighted by atomic mass is 10.1. The second kappa shape index (κ2) is 4.57. The second-order valence-electron chi connectivity index (χ2n) is 4.10. The summed E-state index contributed by atoms with van der Waals surface area (Å²) in [6, 6.07) is 16.0. The summed E-state index contributed by atoms with van der Waals surface area (Å²) >= 11 is 1.64. The molecule has 1 heterocycles. The van der Waals surface area contributed by atoms with Gasteiger partial charge in [-0.15, -0.1) is 11.3 Å². The zero-order chi connectivity index (χ0) is 13.2. The molecule has 0 radical (unpaired) electrons. The van der Waals surface area contributed by atoms with Gasteiger partial charge in [0.05, 0.1) is 0 Å². The van der Waals surface area contributed by atoms with Gasteiger partial charge in [0, 0.05) is 15.6 Å². The first-order valence-corrected chi connectivity index (χ1v) is 6.63. The summed E-state index contributed by atoms with van der Waals surface area (Å²) in [5.74, 6) is 0. The molecule has 0 aliphatic heterocycles. The third kappa shape index (κ3) is 1.78. The zero-order valence-electron chi connectivity index (χ0n) is 9.92. The molecule has 2 aliphatic rings. The van der Waals surface area contributed by atoms with Gasteiger partial charge in [-0.25, -0.2) is 0 Å². The van der Waals surface area contributed by atoms with Gasteiger partial charge in [-0.05, 0) is 28.6 Å². The highest BCUT2D eigenvalue weighted by molar-refractivity contribution is 7.17. The molecule has 0 fully saturated rings.